The number of nitrogens with one attached hydrogen (secondary N) is 1. The summed E-state index contributed by atoms with van der Waals surface area (Å²) in [6.07, 6.45) is 6.22. The summed E-state index contributed by atoms with van der Waals surface area (Å²) in [7, 11) is 0. The fourth-order valence-corrected chi connectivity index (χ4v) is 3.68. The fraction of sp³-hybridized carbons (Fsp3) is 0.562. The van der Waals surface area contributed by atoms with Crippen molar-refractivity contribution in [1.82, 2.24) is 5.32 Å². The van der Waals surface area contributed by atoms with Crippen LogP contribution in [0.3, 0.4) is 0 Å². The number of hydrogen-bond donors (Lipinski definition) is 1. The highest BCUT2D eigenvalue weighted by molar-refractivity contribution is 7.98. The molecule has 2 nitrogen and oxygen atoms in total. The maximum Gasteiger partial charge on any atom is 0.252 e. The molecule has 0 atom stereocenters. The molecule has 1 aliphatic rings. The van der Waals surface area contributed by atoms with Gasteiger partial charge in [-0.15, -0.1) is 23.4 Å². The lowest BCUT2D eigenvalue weighted by Gasteiger charge is -2.38. The first-order valence-corrected chi connectivity index (χ1v) is 8.87. The highest BCUT2D eigenvalue weighted by Crippen LogP contribution is 2.33. The summed E-state index contributed by atoms with van der Waals surface area (Å²) in [5.41, 5.74) is 0.527. The minimum Gasteiger partial charge on any atom is -0.345 e. The molecule has 110 valence electrons. The molecule has 0 aromatic heterocycles. The van der Waals surface area contributed by atoms with Gasteiger partial charge in [-0.3, -0.25) is 4.79 Å². The highest BCUT2D eigenvalue weighted by Gasteiger charge is 2.35. The summed E-state index contributed by atoms with van der Waals surface area (Å²) in [6.45, 7) is 2.27. The average Bonchev–Trinajstić information content (AvgIpc) is 2.49. The zero-order chi connectivity index (χ0) is 14.6. The number of alkyl halides is 1. The summed E-state index contributed by atoms with van der Waals surface area (Å²) in [5.74, 6) is 1.24. The predicted octanol–water partition coefficient (Wildman–Crippen LogP) is 4.33. The van der Waals surface area contributed by atoms with Gasteiger partial charge in [-0.1, -0.05) is 19.1 Å². The van der Waals surface area contributed by atoms with E-state index in [4.69, 9.17) is 11.6 Å². The van der Waals surface area contributed by atoms with Crippen LogP contribution in [-0.4, -0.2) is 23.6 Å². The number of carbonyl (C=O) groups excluding carboxylic acids is 1. The molecule has 2 rings (SSSR count). The number of carbonyl (C=O) groups is 1. The van der Waals surface area contributed by atoms with E-state index >= 15 is 0 Å². The molecule has 1 saturated carbocycles. The van der Waals surface area contributed by atoms with Crippen molar-refractivity contribution in [2.24, 2.45) is 5.92 Å². The van der Waals surface area contributed by atoms with Crippen molar-refractivity contribution in [3.8, 4) is 0 Å². The zero-order valence-electron chi connectivity index (χ0n) is 12.1. The number of hydrogen-bond acceptors (Lipinski definition) is 2. The van der Waals surface area contributed by atoms with E-state index in [1.54, 1.807) is 11.8 Å². The Hall–Kier alpha value is -0.670. The molecular weight excluding hydrogens is 290 g/mol. The number of thioether (sulfide) groups is 1. The lowest BCUT2D eigenvalue weighted by Crippen LogP contribution is -2.52. The number of rotatable bonds is 4. The lowest BCUT2D eigenvalue weighted by molar-refractivity contribution is 0.0869. The predicted molar refractivity (Wildman–Crippen MR) is 86.8 cm³/mol. The summed E-state index contributed by atoms with van der Waals surface area (Å²) >= 11 is 7.77. The van der Waals surface area contributed by atoms with E-state index in [0.717, 1.165) is 42.1 Å². The van der Waals surface area contributed by atoms with Crippen molar-refractivity contribution in [2.75, 3.05) is 12.1 Å². The second-order valence-corrected chi connectivity index (χ2v) is 6.87. The topological polar surface area (TPSA) is 29.1 Å². The first kappa shape index (κ1) is 15.7. The molecule has 0 radical (unpaired) electrons. The third-order valence-corrected chi connectivity index (χ3v) is 5.52. The van der Waals surface area contributed by atoms with Crippen LogP contribution >= 0.6 is 23.4 Å². The quantitative estimate of drug-likeness (QED) is 0.662. The minimum atomic E-state index is -0.226. The SMILES string of the molecule is CSc1ccccc1C(=O)NC1(CCl)CCC(C)CC1. The molecule has 1 fully saturated rings. The van der Waals surface area contributed by atoms with Gasteiger partial charge in [-0.2, -0.15) is 0 Å². The molecule has 0 bridgehead atoms. The lowest BCUT2D eigenvalue weighted by atomic mass is 9.78. The number of benzene rings is 1. The Balaban J connectivity index is 2.13. The van der Waals surface area contributed by atoms with E-state index in [9.17, 15) is 4.79 Å². The average molecular weight is 312 g/mol. The van der Waals surface area contributed by atoms with Gasteiger partial charge >= 0.3 is 0 Å². The van der Waals surface area contributed by atoms with Gasteiger partial charge in [0.1, 0.15) is 0 Å². The van der Waals surface area contributed by atoms with Gasteiger partial charge in [-0.05, 0) is 50.0 Å². The van der Waals surface area contributed by atoms with Crippen LogP contribution in [0.25, 0.3) is 0 Å². The Bertz CT molecular complexity index is 469. The molecule has 1 amide bonds. The minimum absolute atomic E-state index is 0.00477. The molecule has 0 spiro atoms. The van der Waals surface area contributed by atoms with Crippen molar-refractivity contribution in [3.05, 3.63) is 29.8 Å². The van der Waals surface area contributed by atoms with Gasteiger partial charge in [0.25, 0.3) is 5.91 Å². The Morgan fingerprint density at radius 1 is 1.40 bits per heavy atom. The van der Waals surface area contributed by atoms with Gasteiger partial charge in [0.2, 0.25) is 0 Å². The Morgan fingerprint density at radius 2 is 2.05 bits per heavy atom. The van der Waals surface area contributed by atoms with Crippen molar-refractivity contribution in [1.29, 1.82) is 0 Å². The van der Waals surface area contributed by atoms with E-state index in [-0.39, 0.29) is 11.4 Å². The van der Waals surface area contributed by atoms with Gasteiger partial charge in [0.15, 0.2) is 0 Å². The Morgan fingerprint density at radius 3 is 2.65 bits per heavy atom. The van der Waals surface area contributed by atoms with E-state index in [2.05, 4.69) is 12.2 Å². The number of halogens is 1. The van der Waals surface area contributed by atoms with Crippen molar-refractivity contribution >= 4 is 29.3 Å². The van der Waals surface area contributed by atoms with Crippen LogP contribution in [0.5, 0.6) is 0 Å². The first-order valence-electron chi connectivity index (χ1n) is 7.12. The molecule has 1 N–H and O–H groups in total. The summed E-state index contributed by atoms with van der Waals surface area (Å²) in [4.78, 5) is 13.6. The van der Waals surface area contributed by atoms with E-state index in [1.807, 2.05) is 30.5 Å². The summed E-state index contributed by atoms with van der Waals surface area (Å²) < 4.78 is 0. The van der Waals surface area contributed by atoms with Crippen LogP contribution in [0.1, 0.15) is 43.0 Å². The Labute approximate surface area is 130 Å². The van der Waals surface area contributed by atoms with Gasteiger partial charge in [-0.25, -0.2) is 0 Å². The molecule has 0 saturated heterocycles. The summed E-state index contributed by atoms with van der Waals surface area (Å²) in [5, 5.41) is 3.21. The molecule has 1 aliphatic carbocycles. The molecule has 0 unspecified atom stereocenters. The van der Waals surface area contributed by atoms with Crippen molar-refractivity contribution in [3.63, 3.8) is 0 Å². The normalized spacial score (nSPS) is 26.2. The monoisotopic (exact) mass is 311 g/mol. The maximum atomic E-state index is 12.6. The molecule has 0 aliphatic heterocycles. The van der Waals surface area contributed by atoms with Crippen LogP contribution in [0.2, 0.25) is 0 Å². The van der Waals surface area contributed by atoms with Crippen molar-refractivity contribution in [2.45, 2.75) is 43.0 Å². The van der Waals surface area contributed by atoms with Gasteiger partial charge in [0, 0.05) is 10.8 Å². The van der Waals surface area contributed by atoms with Gasteiger partial charge < -0.3 is 5.32 Å². The van der Waals surface area contributed by atoms with Crippen LogP contribution in [0, 0.1) is 5.92 Å². The zero-order valence-corrected chi connectivity index (χ0v) is 13.7. The Kier molecular flexibility index (Phi) is 5.39. The smallest absolute Gasteiger partial charge is 0.252 e. The van der Waals surface area contributed by atoms with E-state index in [1.165, 1.54) is 0 Å². The van der Waals surface area contributed by atoms with Crippen LogP contribution < -0.4 is 5.32 Å². The highest BCUT2D eigenvalue weighted by atomic mass is 35.5. The number of amides is 1. The third-order valence-electron chi connectivity index (χ3n) is 4.22. The molecule has 4 heteroatoms. The van der Waals surface area contributed by atoms with Crippen LogP contribution in [0.15, 0.2) is 29.2 Å². The molecule has 0 heterocycles. The molecular formula is C16H22ClNOS. The summed E-state index contributed by atoms with van der Waals surface area (Å²) in [6, 6.07) is 7.73. The standard InChI is InChI=1S/C16H22ClNOS/c1-12-7-9-16(11-17,10-8-12)18-15(19)13-5-3-4-6-14(13)20-2/h3-6,12H,7-11H2,1-2H3,(H,18,19). The van der Waals surface area contributed by atoms with Crippen molar-refractivity contribution < 1.29 is 4.79 Å². The first-order chi connectivity index (χ1) is 9.60. The van der Waals surface area contributed by atoms with Crippen LogP contribution in [0.4, 0.5) is 0 Å². The molecule has 1 aromatic carbocycles. The maximum absolute atomic E-state index is 12.6. The second-order valence-electron chi connectivity index (χ2n) is 5.75. The van der Waals surface area contributed by atoms with Gasteiger partial charge in [0.05, 0.1) is 11.1 Å². The fourth-order valence-electron chi connectivity index (χ4n) is 2.75. The van der Waals surface area contributed by atoms with Crippen LogP contribution in [-0.2, 0) is 0 Å². The molecule has 20 heavy (non-hydrogen) atoms. The van der Waals surface area contributed by atoms with E-state index < -0.39 is 0 Å². The second kappa shape index (κ2) is 6.86. The largest absolute Gasteiger partial charge is 0.345 e. The van der Waals surface area contributed by atoms with E-state index in [0.29, 0.717) is 5.88 Å². The molecule has 1 aromatic rings. The third kappa shape index (κ3) is 3.50.